The van der Waals surface area contributed by atoms with Crippen LogP contribution in [0.5, 0.6) is 0 Å². The highest BCUT2D eigenvalue weighted by molar-refractivity contribution is 6.34. The van der Waals surface area contributed by atoms with E-state index in [1.807, 2.05) is 12.1 Å². The lowest BCUT2D eigenvalue weighted by molar-refractivity contribution is -0.116. The summed E-state index contributed by atoms with van der Waals surface area (Å²) in [5.41, 5.74) is 1.85. The largest absolute Gasteiger partial charge is 0.339 e. The van der Waals surface area contributed by atoms with Crippen LogP contribution < -0.4 is 10.6 Å². The molecule has 2 amide bonds. The van der Waals surface area contributed by atoms with E-state index in [4.69, 9.17) is 27.7 Å². The summed E-state index contributed by atoms with van der Waals surface area (Å²) >= 11 is 12.0. The van der Waals surface area contributed by atoms with E-state index in [-0.39, 0.29) is 18.2 Å². The third-order valence-electron chi connectivity index (χ3n) is 3.93. The Balaban J connectivity index is 1.49. The zero-order valence-electron chi connectivity index (χ0n) is 15.5. The molecule has 0 aliphatic rings. The molecule has 1 aromatic heterocycles. The monoisotopic (exact) mass is 432 g/mol. The molecule has 0 aliphatic heterocycles. The first-order valence-electron chi connectivity index (χ1n) is 8.86. The Hall–Kier alpha value is -2.90. The first-order chi connectivity index (χ1) is 13.9. The van der Waals surface area contributed by atoms with Gasteiger partial charge in [0.2, 0.25) is 23.5 Å². The molecule has 1 heterocycles. The van der Waals surface area contributed by atoms with Crippen LogP contribution in [0.25, 0.3) is 11.4 Å². The summed E-state index contributed by atoms with van der Waals surface area (Å²) in [6.07, 6.45) is 1.28. The van der Waals surface area contributed by atoms with Gasteiger partial charge in [-0.15, -0.1) is 0 Å². The fourth-order valence-electron chi connectivity index (χ4n) is 2.58. The topological polar surface area (TPSA) is 97.1 Å². The Morgan fingerprint density at radius 3 is 2.52 bits per heavy atom. The fourth-order valence-corrected chi connectivity index (χ4v) is 2.94. The molecule has 29 heavy (non-hydrogen) atoms. The van der Waals surface area contributed by atoms with E-state index in [9.17, 15) is 9.59 Å². The van der Waals surface area contributed by atoms with E-state index >= 15 is 0 Å². The van der Waals surface area contributed by atoms with Crippen LogP contribution >= 0.6 is 23.2 Å². The lowest BCUT2D eigenvalue weighted by Crippen LogP contribution is -2.12. The molecular formula is C20H18Cl2N4O3. The first-order valence-corrected chi connectivity index (χ1v) is 9.62. The number of nitrogens with one attached hydrogen (secondary N) is 2. The van der Waals surface area contributed by atoms with Crippen LogP contribution in [0, 0.1) is 0 Å². The Bertz CT molecular complexity index is 1020. The van der Waals surface area contributed by atoms with E-state index in [1.54, 1.807) is 30.3 Å². The van der Waals surface area contributed by atoms with E-state index in [1.165, 1.54) is 6.92 Å². The van der Waals surface area contributed by atoms with Crippen LogP contribution in [-0.2, 0) is 16.0 Å². The number of anilines is 2. The summed E-state index contributed by atoms with van der Waals surface area (Å²) < 4.78 is 5.23. The molecule has 0 radical (unpaired) electrons. The van der Waals surface area contributed by atoms with Gasteiger partial charge in [-0.25, -0.2) is 0 Å². The highest BCUT2D eigenvalue weighted by atomic mass is 35.5. The van der Waals surface area contributed by atoms with Gasteiger partial charge in [-0.05, 0) is 48.9 Å². The van der Waals surface area contributed by atoms with Crippen molar-refractivity contribution in [3.8, 4) is 11.4 Å². The molecule has 7 nitrogen and oxygen atoms in total. The first kappa shape index (κ1) is 20.8. The van der Waals surface area contributed by atoms with Gasteiger partial charge >= 0.3 is 0 Å². The van der Waals surface area contributed by atoms with Crippen LogP contribution in [0.15, 0.2) is 47.0 Å². The molecule has 0 aliphatic carbocycles. The molecule has 9 heteroatoms. The number of amides is 2. The fraction of sp³-hybridized carbons (Fsp3) is 0.200. The molecule has 2 N–H and O–H groups in total. The van der Waals surface area contributed by atoms with E-state index < -0.39 is 0 Å². The van der Waals surface area contributed by atoms with Crippen molar-refractivity contribution < 1.29 is 14.1 Å². The highest BCUT2D eigenvalue weighted by Gasteiger charge is 2.11. The van der Waals surface area contributed by atoms with E-state index in [0.29, 0.717) is 46.0 Å². The average Bonchev–Trinajstić information content (AvgIpc) is 3.13. The molecule has 0 bridgehead atoms. The minimum Gasteiger partial charge on any atom is -0.339 e. The van der Waals surface area contributed by atoms with Gasteiger partial charge in [-0.1, -0.05) is 28.4 Å². The molecule has 0 unspecified atom stereocenters. The maximum atomic E-state index is 12.2. The molecule has 0 saturated heterocycles. The normalized spacial score (nSPS) is 10.6. The van der Waals surface area contributed by atoms with Crippen molar-refractivity contribution in [1.82, 2.24) is 10.1 Å². The van der Waals surface area contributed by atoms with Crippen molar-refractivity contribution in [3.63, 3.8) is 0 Å². The Morgan fingerprint density at radius 2 is 1.83 bits per heavy atom. The van der Waals surface area contributed by atoms with Crippen molar-refractivity contribution in [2.24, 2.45) is 0 Å². The third kappa shape index (κ3) is 6.04. The highest BCUT2D eigenvalue weighted by Crippen LogP contribution is 2.26. The number of hydrogen-bond acceptors (Lipinski definition) is 5. The van der Waals surface area contributed by atoms with Gasteiger partial charge < -0.3 is 15.2 Å². The number of hydrogen-bond donors (Lipinski definition) is 2. The number of aryl methyl sites for hydroxylation is 1. The lowest BCUT2D eigenvalue weighted by Gasteiger charge is -2.09. The molecule has 2 aromatic carbocycles. The summed E-state index contributed by atoms with van der Waals surface area (Å²) in [5.74, 6) is 0.558. The van der Waals surface area contributed by atoms with E-state index in [2.05, 4.69) is 20.8 Å². The SMILES string of the molecule is CC(=O)Nc1ccc(NC(=O)CCCc2nc(-c3ccc(Cl)cc3)no2)c(Cl)c1. The van der Waals surface area contributed by atoms with Crippen molar-refractivity contribution in [3.05, 3.63) is 58.4 Å². The summed E-state index contributed by atoms with van der Waals surface area (Å²) in [6.45, 7) is 1.41. The van der Waals surface area contributed by atoms with Crippen LogP contribution in [0.4, 0.5) is 11.4 Å². The average molecular weight is 433 g/mol. The Labute approximate surface area is 177 Å². The number of halogens is 2. The number of carbonyl (C=O) groups is 2. The zero-order valence-corrected chi connectivity index (χ0v) is 17.0. The second-order valence-electron chi connectivity index (χ2n) is 6.30. The van der Waals surface area contributed by atoms with Crippen molar-refractivity contribution in [1.29, 1.82) is 0 Å². The van der Waals surface area contributed by atoms with Gasteiger partial charge in [0.1, 0.15) is 0 Å². The van der Waals surface area contributed by atoms with Gasteiger partial charge in [0.15, 0.2) is 0 Å². The predicted octanol–water partition coefficient (Wildman–Crippen LogP) is 4.96. The minimum absolute atomic E-state index is 0.184. The van der Waals surface area contributed by atoms with Crippen molar-refractivity contribution in [2.75, 3.05) is 10.6 Å². The smallest absolute Gasteiger partial charge is 0.226 e. The molecule has 150 valence electrons. The predicted molar refractivity (Wildman–Crippen MR) is 112 cm³/mol. The molecule has 3 rings (SSSR count). The van der Waals surface area contributed by atoms with Gasteiger partial charge in [-0.3, -0.25) is 9.59 Å². The summed E-state index contributed by atoms with van der Waals surface area (Å²) in [4.78, 5) is 27.6. The van der Waals surface area contributed by atoms with Crippen molar-refractivity contribution >= 4 is 46.4 Å². The molecule has 0 fully saturated rings. The molecule has 0 atom stereocenters. The molecule has 3 aromatic rings. The van der Waals surface area contributed by atoms with Crippen molar-refractivity contribution in [2.45, 2.75) is 26.2 Å². The number of nitrogens with zero attached hydrogens (tertiary/aromatic N) is 2. The molecular weight excluding hydrogens is 415 g/mol. The summed E-state index contributed by atoms with van der Waals surface area (Å²) in [6, 6.07) is 12.0. The van der Waals surface area contributed by atoms with Crippen LogP contribution in [0.3, 0.4) is 0 Å². The number of benzene rings is 2. The van der Waals surface area contributed by atoms with Gasteiger partial charge in [0.25, 0.3) is 0 Å². The van der Waals surface area contributed by atoms with Gasteiger partial charge in [-0.2, -0.15) is 4.98 Å². The number of carbonyl (C=O) groups excluding carboxylic acids is 2. The quantitative estimate of drug-likeness (QED) is 0.549. The number of aromatic nitrogens is 2. The molecule has 0 saturated carbocycles. The minimum atomic E-state index is -0.196. The van der Waals surface area contributed by atoms with E-state index in [0.717, 1.165) is 5.56 Å². The third-order valence-corrected chi connectivity index (χ3v) is 4.49. The second-order valence-corrected chi connectivity index (χ2v) is 7.14. The van der Waals surface area contributed by atoms with Gasteiger partial charge in [0, 0.05) is 36.0 Å². The van der Waals surface area contributed by atoms with Crippen LogP contribution in [-0.4, -0.2) is 22.0 Å². The second kappa shape index (κ2) is 9.54. The molecule has 0 spiro atoms. The Morgan fingerprint density at radius 1 is 1.07 bits per heavy atom. The maximum absolute atomic E-state index is 12.2. The van der Waals surface area contributed by atoms with Crippen LogP contribution in [0.1, 0.15) is 25.7 Å². The summed E-state index contributed by atoms with van der Waals surface area (Å²) in [7, 11) is 0. The maximum Gasteiger partial charge on any atom is 0.226 e. The standard InChI is InChI=1S/C20H18Cl2N4O3/c1-12(27)23-15-9-10-17(16(22)11-15)24-18(28)3-2-4-19-25-20(26-29-19)13-5-7-14(21)8-6-13/h5-11H,2-4H2,1H3,(H,23,27)(H,24,28). The van der Waals surface area contributed by atoms with Crippen LogP contribution in [0.2, 0.25) is 10.0 Å². The summed E-state index contributed by atoms with van der Waals surface area (Å²) in [5, 5.41) is 10.3. The Kier molecular flexibility index (Phi) is 6.85. The number of rotatable bonds is 7. The lowest BCUT2D eigenvalue weighted by atomic mass is 10.2. The zero-order chi connectivity index (χ0) is 20.8. The van der Waals surface area contributed by atoms with Gasteiger partial charge in [0.05, 0.1) is 10.7 Å².